The molecule has 1 aromatic rings. The Balaban J connectivity index is 1.27. The summed E-state index contributed by atoms with van der Waals surface area (Å²) in [6.07, 6.45) is 4.43. The van der Waals surface area contributed by atoms with Crippen LogP contribution < -0.4 is 20.3 Å². The maximum Gasteiger partial charge on any atom is 0.190 e. The summed E-state index contributed by atoms with van der Waals surface area (Å²) in [5, 5.41) is 6.88. The first-order valence-electron chi connectivity index (χ1n) is 11.3. The summed E-state index contributed by atoms with van der Waals surface area (Å²) in [7, 11) is 3.54. The van der Waals surface area contributed by atoms with Gasteiger partial charge in [-0.2, -0.15) is 0 Å². The Kier molecular flexibility index (Phi) is 9.57. The number of hydrogen-bond donors (Lipinski definition) is 2. The van der Waals surface area contributed by atoms with Gasteiger partial charge in [-0.3, -0.25) is 4.99 Å². The summed E-state index contributed by atoms with van der Waals surface area (Å²) >= 11 is 0. The fourth-order valence-corrected chi connectivity index (χ4v) is 4.05. The van der Waals surface area contributed by atoms with Crippen molar-refractivity contribution in [2.75, 3.05) is 71.7 Å². The Morgan fingerprint density at radius 1 is 1.20 bits per heavy atom. The Bertz CT molecular complexity index is 649. The average molecular weight is 419 g/mol. The van der Waals surface area contributed by atoms with Crippen LogP contribution in [0.15, 0.2) is 29.3 Å². The van der Waals surface area contributed by atoms with Gasteiger partial charge in [-0.1, -0.05) is 6.07 Å². The van der Waals surface area contributed by atoms with E-state index in [9.17, 15) is 0 Å². The molecule has 30 heavy (non-hydrogen) atoms. The first kappa shape index (κ1) is 22.7. The average Bonchev–Trinajstić information content (AvgIpc) is 3.28. The number of rotatable bonds is 10. The number of anilines is 1. The maximum atomic E-state index is 5.83. The Morgan fingerprint density at radius 3 is 2.87 bits per heavy atom. The third-order valence-corrected chi connectivity index (χ3v) is 5.94. The summed E-state index contributed by atoms with van der Waals surface area (Å²) in [5.41, 5.74) is 1.24. The maximum absolute atomic E-state index is 5.83. The highest BCUT2D eigenvalue weighted by Gasteiger charge is 2.23. The molecule has 168 valence electrons. The highest BCUT2D eigenvalue weighted by molar-refractivity contribution is 5.79. The van der Waals surface area contributed by atoms with Gasteiger partial charge in [0.05, 0.1) is 7.11 Å². The number of nitrogens with one attached hydrogen (secondary N) is 2. The highest BCUT2D eigenvalue weighted by atomic mass is 16.5. The second kappa shape index (κ2) is 12.6. The molecule has 2 N–H and O–H groups in total. The SMILES string of the molecule is CN=C(NCCCOCC1CCOCC1)NCC1CCN(c2cccc(OC)c2)C1. The van der Waals surface area contributed by atoms with E-state index in [-0.39, 0.29) is 0 Å². The zero-order chi connectivity index (χ0) is 21.0. The van der Waals surface area contributed by atoms with Crippen molar-refractivity contribution in [1.82, 2.24) is 10.6 Å². The van der Waals surface area contributed by atoms with Crippen molar-refractivity contribution >= 4 is 11.6 Å². The van der Waals surface area contributed by atoms with Crippen molar-refractivity contribution in [2.45, 2.75) is 25.7 Å². The van der Waals surface area contributed by atoms with E-state index in [1.54, 1.807) is 7.11 Å². The summed E-state index contributed by atoms with van der Waals surface area (Å²) in [5.74, 6) is 3.07. The molecule has 0 spiro atoms. The minimum atomic E-state index is 0.609. The molecular formula is C23H38N4O3. The molecular weight excluding hydrogens is 380 g/mol. The lowest BCUT2D eigenvalue weighted by Crippen LogP contribution is -2.40. The molecule has 7 nitrogen and oxygen atoms in total. The molecule has 2 heterocycles. The van der Waals surface area contributed by atoms with Crippen molar-refractivity contribution in [3.05, 3.63) is 24.3 Å². The minimum Gasteiger partial charge on any atom is -0.497 e. The van der Waals surface area contributed by atoms with Crippen LogP contribution in [0.1, 0.15) is 25.7 Å². The molecule has 2 saturated heterocycles. The van der Waals surface area contributed by atoms with Gasteiger partial charge in [0.25, 0.3) is 0 Å². The van der Waals surface area contributed by atoms with Gasteiger partial charge in [0, 0.05) is 71.4 Å². The van der Waals surface area contributed by atoms with Crippen molar-refractivity contribution < 1.29 is 14.2 Å². The molecule has 1 aromatic carbocycles. The molecule has 2 fully saturated rings. The smallest absolute Gasteiger partial charge is 0.190 e. The largest absolute Gasteiger partial charge is 0.497 e. The zero-order valence-corrected chi connectivity index (χ0v) is 18.6. The van der Waals surface area contributed by atoms with Gasteiger partial charge in [-0.05, 0) is 49.7 Å². The number of hydrogen-bond acceptors (Lipinski definition) is 5. The number of aliphatic imine (C=N–C) groups is 1. The molecule has 0 amide bonds. The van der Waals surface area contributed by atoms with Crippen LogP contribution in [0, 0.1) is 11.8 Å². The molecule has 2 aliphatic heterocycles. The molecule has 3 rings (SSSR count). The summed E-state index contributed by atoms with van der Waals surface area (Å²) in [6, 6.07) is 8.31. The van der Waals surface area contributed by atoms with Gasteiger partial charge >= 0.3 is 0 Å². The van der Waals surface area contributed by atoms with Crippen LogP contribution in [0.3, 0.4) is 0 Å². The normalized spacial score (nSPS) is 20.4. The van der Waals surface area contributed by atoms with E-state index in [2.05, 4.69) is 38.7 Å². The van der Waals surface area contributed by atoms with Crippen LogP contribution in [-0.2, 0) is 9.47 Å². The van der Waals surface area contributed by atoms with Crippen LogP contribution in [-0.4, -0.2) is 72.7 Å². The van der Waals surface area contributed by atoms with E-state index in [1.165, 1.54) is 12.1 Å². The number of ether oxygens (including phenoxy) is 3. The Hall–Kier alpha value is -1.99. The predicted molar refractivity (Wildman–Crippen MR) is 122 cm³/mol. The Morgan fingerprint density at radius 2 is 2.07 bits per heavy atom. The Labute approximate surface area is 181 Å². The molecule has 0 aromatic heterocycles. The van der Waals surface area contributed by atoms with E-state index in [4.69, 9.17) is 14.2 Å². The van der Waals surface area contributed by atoms with E-state index in [0.717, 1.165) is 83.6 Å². The van der Waals surface area contributed by atoms with Crippen LogP contribution in [0.4, 0.5) is 5.69 Å². The number of benzene rings is 1. The van der Waals surface area contributed by atoms with Gasteiger partial charge in [-0.25, -0.2) is 0 Å². The third kappa shape index (κ3) is 7.36. The summed E-state index contributed by atoms with van der Waals surface area (Å²) < 4.78 is 16.6. The molecule has 7 heteroatoms. The molecule has 0 aliphatic carbocycles. The zero-order valence-electron chi connectivity index (χ0n) is 18.6. The number of guanidine groups is 1. The van der Waals surface area contributed by atoms with Gasteiger partial charge in [0.2, 0.25) is 0 Å². The minimum absolute atomic E-state index is 0.609. The number of methoxy groups -OCH3 is 1. The van der Waals surface area contributed by atoms with Crippen molar-refractivity contribution in [1.29, 1.82) is 0 Å². The quantitative estimate of drug-likeness (QED) is 0.346. The van der Waals surface area contributed by atoms with Crippen LogP contribution in [0.25, 0.3) is 0 Å². The first-order valence-corrected chi connectivity index (χ1v) is 11.3. The fraction of sp³-hybridized carbons (Fsp3) is 0.696. The lowest BCUT2D eigenvalue weighted by Gasteiger charge is -2.21. The summed E-state index contributed by atoms with van der Waals surface area (Å²) in [4.78, 5) is 6.78. The second-order valence-corrected chi connectivity index (χ2v) is 8.17. The van der Waals surface area contributed by atoms with E-state index in [1.807, 2.05) is 13.1 Å². The molecule has 1 atom stereocenters. The first-order chi connectivity index (χ1) is 14.8. The van der Waals surface area contributed by atoms with E-state index in [0.29, 0.717) is 11.8 Å². The summed E-state index contributed by atoms with van der Waals surface area (Å²) in [6.45, 7) is 7.36. The lowest BCUT2D eigenvalue weighted by atomic mass is 10.0. The van der Waals surface area contributed by atoms with Crippen LogP contribution in [0.5, 0.6) is 5.75 Å². The molecule has 1 unspecified atom stereocenters. The van der Waals surface area contributed by atoms with Crippen LogP contribution >= 0.6 is 0 Å². The lowest BCUT2D eigenvalue weighted by molar-refractivity contribution is 0.0203. The molecule has 2 aliphatic rings. The second-order valence-electron chi connectivity index (χ2n) is 8.17. The van der Waals surface area contributed by atoms with Gasteiger partial charge in [0.1, 0.15) is 5.75 Å². The predicted octanol–water partition coefficient (Wildman–Crippen LogP) is 2.52. The highest BCUT2D eigenvalue weighted by Crippen LogP contribution is 2.26. The van der Waals surface area contributed by atoms with Crippen molar-refractivity contribution in [3.63, 3.8) is 0 Å². The van der Waals surface area contributed by atoms with Gasteiger partial charge in [-0.15, -0.1) is 0 Å². The topological polar surface area (TPSA) is 67.4 Å². The van der Waals surface area contributed by atoms with Crippen LogP contribution in [0.2, 0.25) is 0 Å². The van der Waals surface area contributed by atoms with Crippen molar-refractivity contribution in [3.8, 4) is 5.75 Å². The molecule has 0 bridgehead atoms. The molecule has 0 radical (unpaired) electrons. The number of nitrogens with zero attached hydrogens (tertiary/aromatic N) is 2. The van der Waals surface area contributed by atoms with Gasteiger partial charge in [0.15, 0.2) is 5.96 Å². The standard InChI is InChI=1S/C23H38N4O3/c1-24-23(25-10-4-12-30-18-19-8-13-29-14-9-19)26-16-20-7-11-27(17-20)21-5-3-6-22(15-21)28-2/h3,5-6,15,19-20H,4,7-14,16-18H2,1-2H3,(H2,24,25,26). The fourth-order valence-electron chi connectivity index (χ4n) is 4.05. The monoisotopic (exact) mass is 418 g/mol. The molecule has 0 saturated carbocycles. The van der Waals surface area contributed by atoms with Crippen molar-refractivity contribution in [2.24, 2.45) is 16.8 Å². The van der Waals surface area contributed by atoms with E-state index >= 15 is 0 Å². The van der Waals surface area contributed by atoms with E-state index < -0.39 is 0 Å². The third-order valence-electron chi connectivity index (χ3n) is 5.94. The van der Waals surface area contributed by atoms with Gasteiger partial charge < -0.3 is 29.7 Å².